The number of rotatable bonds is 12. The van der Waals surface area contributed by atoms with Crippen LogP contribution in [-0.2, 0) is 19.7 Å². The minimum Gasteiger partial charge on any atom is -0.507 e. The number of hydrogen-bond acceptors (Lipinski definition) is 8. The lowest BCUT2D eigenvalue weighted by molar-refractivity contribution is 0.279. The van der Waals surface area contributed by atoms with Crippen LogP contribution in [0.5, 0.6) is 23.0 Å². The van der Waals surface area contributed by atoms with Crippen molar-refractivity contribution in [3.05, 3.63) is 97.1 Å². The molecule has 204 valence electrons. The highest BCUT2D eigenvalue weighted by molar-refractivity contribution is 7.92. The second-order valence-corrected chi connectivity index (χ2v) is 12.5. The summed E-state index contributed by atoms with van der Waals surface area (Å²) < 4.78 is 62.2. The van der Waals surface area contributed by atoms with Crippen LogP contribution in [0.4, 0.5) is 0 Å². The summed E-state index contributed by atoms with van der Waals surface area (Å²) in [4.78, 5) is -0.154. The van der Waals surface area contributed by atoms with Crippen LogP contribution < -0.4 is 9.47 Å². The summed E-state index contributed by atoms with van der Waals surface area (Å²) in [5, 5.41) is 19.8. The predicted molar refractivity (Wildman–Crippen MR) is 145 cm³/mol. The van der Waals surface area contributed by atoms with E-state index in [2.05, 4.69) is 0 Å². The quantitative estimate of drug-likeness (QED) is 0.218. The molecular weight excluding hydrogens is 540 g/mol. The van der Waals surface area contributed by atoms with E-state index < -0.39 is 19.7 Å². The monoisotopic (exact) mass is 568 g/mol. The summed E-state index contributed by atoms with van der Waals surface area (Å²) >= 11 is 0. The molecule has 0 aromatic heterocycles. The number of ether oxygens (including phenoxy) is 2. The molecular formula is C29H28O8S2. The maximum atomic E-state index is 12.7. The Morgan fingerprint density at radius 2 is 0.846 bits per heavy atom. The molecule has 4 aromatic carbocycles. The molecule has 0 atom stereocenters. The van der Waals surface area contributed by atoms with Gasteiger partial charge < -0.3 is 19.7 Å². The minimum absolute atomic E-state index is 0.0670. The number of phenols is 2. The van der Waals surface area contributed by atoms with Gasteiger partial charge in [-0.15, -0.1) is 0 Å². The maximum Gasteiger partial charge on any atom is 0.210 e. The Bertz CT molecular complexity index is 1490. The normalized spacial score (nSPS) is 11.7. The van der Waals surface area contributed by atoms with Gasteiger partial charge in [-0.3, -0.25) is 0 Å². The van der Waals surface area contributed by atoms with Crippen molar-refractivity contribution in [1.29, 1.82) is 0 Å². The van der Waals surface area contributed by atoms with E-state index in [0.29, 0.717) is 24.7 Å². The van der Waals surface area contributed by atoms with E-state index in [9.17, 15) is 27.0 Å². The third kappa shape index (κ3) is 6.71. The maximum absolute atomic E-state index is 12.7. The fourth-order valence-electron chi connectivity index (χ4n) is 3.81. The van der Waals surface area contributed by atoms with Crippen molar-refractivity contribution in [2.45, 2.75) is 38.8 Å². The van der Waals surface area contributed by atoms with Crippen molar-refractivity contribution in [3.8, 4) is 23.0 Å². The zero-order valence-electron chi connectivity index (χ0n) is 20.9. The summed E-state index contributed by atoms with van der Waals surface area (Å²) in [6, 6.07) is 23.7. The van der Waals surface area contributed by atoms with Crippen LogP contribution in [0.2, 0.25) is 0 Å². The lowest BCUT2D eigenvalue weighted by Gasteiger charge is -2.10. The first-order valence-electron chi connectivity index (χ1n) is 12.2. The van der Waals surface area contributed by atoms with Crippen LogP contribution in [0.3, 0.4) is 0 Å². The average Bonchev–Trinajstić information content (AvgIpc) is 2.93. The number of sulfone groups is 2. The van der Waals surface area contributed by atoms with E-state index in [-0.39, 0.29) is 31.1 Å². The van der Waals surface area contributed by atoms with Crippen LogP contribution in [0.1, 0.15) is 19.3 Å². The van der Waals surface area contributed by atoms with Crippen LogP contribution in [-0.4, -0.2) is 40.3 Å². The van der Waals surface area contributed by atoms with Crippen molar-refractivity contribution in [2.75, 3.05) is 13.2 Å². The predicted octanol–water partition coefficient (Wildman–Crippen LogP) is 5.39. The Hall–Kier alpha value is -4.02. The minimum atomic E-state index is -3.83. The van der Waals surface area contributed by atoms with Gasteiger partial charge in [0.25, 0.3) is 0 Å². The van der Waals surface area contributed by atoms with Gasteiger partial charge in [-0.25, -0.2) is 16.8 Å². The molecule has 2 N–H and O–H groups in total. The largest absolute Gasteiger partial charge is 0.507 e. The Labute approximate surface area is 227 Å². The molecule has 0 saturated heterocycles. The van der Waals surface area contributed by atoms with Crippen molar-refractivity contribution < 1.29 is 36.5 Å². The Morgan fingerprint density at radius 3 is 1.21 bits per heavy atom. The topological polar surface area (TPSA) is 127 Å². The van der Waals surface area contributed by atoms with Gasteiger partial charge in [0, 0.05) is 0 Å². The molecule has 4 rings (SSSR count). The number of benzene rings is 4. The first kappa shape index (κ1) is 28.0. The highest BCUT2D eigenvalue weighted by atomic mass is 32.2. The molecule has 10 heteroatoms. The highest BCUT2D eigenvalue weighted by Gasteiger charge is 2.22. The number of para-hydroxylation sites is 2. The van der Waals surface area contributed by atoms with E-state index >= 15 is 0 Å². The van der Waals surface area contributed by atoms with Crippen LogP contribution in [0, 0.1) is 0 Å². The first-order chi connectivity index (χ1) is 18.7. The van der Waals surface area contributed by atoms with E-state index in [1.807, 2.05) is 0 Å². The lowest BCUT2D eigenvalue weighted by atomic mass is 10.2. The molecule has 39 heavy (non-hydrogen) atoms. The SMILES string of the molecule is O=S(=O)(c1ccc(OCCCCCOc2ccc(S(=O)(=O)c3ccccc3O)cc2)cc1)c1ccccc1O. The Balaban J connectivity index is 1.18. The number of phenolic OH excluding ortho intramolecular Hbond substituents is 2. The fourth-order valence-corrected chi connectivity index (χ4v) is 6.51. The summed E-state index contributed by atoms with van der Waals surface area (Å²) in [5.74, 6) is 0.495. The van der Waals surface area contributed by atoms with E-state index in [1.165, 1.54) is 48.5 Å². The third-order valence-corrected chi connectivity index (χ3v) is 9.54. The number of hydrogen-bond donors (Lipinski definition) is 2. The van der Waals surface area contributed by atoms with Crippen molar-refractivity contribution in [3.63, 3.8) is 0 Å². The van der Waals surface area contributed by atoms with Crippen molar-refractivity contribution in [2.24, 2.45) is 0 Å². The van der Waals surface area contributed by atoms with Crippen LogP contribution in [0.15, 0.2) is 117 Å². The molecule has 0 aliphatic rings. The highest BCUT2D eigenvalue weighted by Crippen LogP contribution is 2.30. The van der Waals surface area contributed by atoms with Gasteiger partial charge in [0.05, 0.1) is 23.0 Å². The summed E-state index contributed by atoms with van der Waals surface area (Å²) in [6.07, 6.45) is 2.36. The zero-order valence-corrected chi connectivity index (χ0v) is 22.6. The smallest absolute Gasteiger partial charge is 0.210 e. The third-order valence-electron chi connectivity index (χ3n) is 5.90. The molecule has 0 heterocycles. The fraction of sp³-hybridized carbons (Fsp3) is 0.172. The second-order valence-electron chi connectivity index (χ2n) is 8.64. The number of unbranched alkanes of at least 4 members (excludes halogenated alkanes) is 2. The van der Waals surface area contributed by atoms with Gasteiger partial charge in [-0.2, -0.15) is 0 Å². The van der Waals surface area contributed by atoms with Crippen molar-refractivity contribution in [1.82, 2.24) is 0 Å². The molecule has 0 aliphatic heterocycles. The van der Waals surface area contributed by atoms with E-state index in [0.717, 1.165) is 19.3 Å². The Kier molecular flexibility index (Phi) is 8.78. The second kappa shape index (κ2) is 12.2. The van der Waals surface area contributed by atoms with Crippen LogP contribution >= 0.6 is 0 Å². The van der Waals surface area contributed by atoms with Gasteiger partial charge in [-0.1, -0.05) is 24.3 Å². The average molecular weight is 569 g/mol. The van der Waals surface area contributed by atoms with Gasteiger partial charge in [0.15, 0.2) is 0 Å². The summed E-state index contributed by atoms with van der Waals surface area (Å²) in [5.41, 5.74) is 0. The molecule has 0 amide bonds. The molecule has 0 bridgehead atoms. The summed E-state index contributed by atoms with van der Waals surface area (Å²) in [6.45, 7) is 0.898. The standard InChI is InChI=1S/C29H28O8S2/c30-26-8-2-4-10-28(26)38(32,33)24-16-12-22(13-17-24)36-20-6-1-7-21-37-23-14-18-25(19-15-23)39(34,35)29-11-5-3-9-27(29)31/h2-5,8-19,30-31H,1,6-7,20-21H2. The van der Waals surface area contributed by atoms with Gasteiger partial charge in [0.2, 0.25) is 19.7 Å². The molecule has 0 aliphatic carbocycles. The molecule has 8 nitrogen and oxygen atoms in total. The lowest BCUT2D eigenvalue weighted by Crippen LogP contribution is -2.04. The van der Waals surface area contributed by atoms with Gasteiger partial charge in [-0.05, 0) is 92.1 Å². The van der Waals surface area contributed by atoms with E-state index in [1.54, 1.807) is 48.5 Å². The van der Waals surface area contributed by atoms with E-state index in [4.69, 9.17) is 9.47 Å². The molecule has 4 aromatic rings. The summed E-state index contributed by atoms with van der Waals surface area (Å²) in [7, 11) is -7.66. The molecule has 0 radical (unpaired) electrons. The number of aromatic hydroxyl groups is 2. The van der Waals surface area contributed by atoms with Crippen molar-refractivity contribution >= 4 is 19.7 Å². The molecule has 0 fully saturated rings. The Morgan fingerprint density at radius 1 is 0.487 bits per heavy atom. The van der Waals surface area contributed by atoms with Crippen LogP contribution in [0.25, 0.3) is 0 Å². The molecule has 0 spiro atoms. The molecule has 0 unspecified atom stereocenters. The zero-order chi connectivity index (χ0) is 27.9. The molecule has 0 saturated carbocycles. The first-order valence-corrected chi connectivity index (χ1v) is 15.2. The van der Waals surface area contributed by atoms with Gasteiger partial charge in [0.1, 0.15) is 32.8 Å². The van der Waals surface area contributed by atoms with Gasteiger partial charge >= 0.3 is 0 Å².